The highest BCUT2D eigenvalue weighted by Gasteiger charge is 2.20. The Kier molecular flexibility index (Phi) is 3.54. The van der Waals surface area contributed by atoms with E-state index < -0.39 is 0 Å². The number of hydrogen-bond acceptors (Lipinski definition) is 4. The van der Waals surface area contributed by atoms with E-state index in [1.54, 1.807) is 0 Å². The molecule has 20 heavy (non-hydrogen) atoms. The first kappa shape index (κ1) is 12.9. The first-order valence-corrected chi connectivity index (χ1v) is 7.22. The van der Waals surface area contributed by atoms with Gasteiger partial charge in [0.25, 0.3) is 0 Å². The van der Waals surface area contributed by atoms with E-state index in [0.717, 1.165) is 37.3 Å². The second-order valence-electron chi connectivity index (χ2n) is 5.11. The van der Waals surface area contributed by atoms with Crippen LogP contribution in [0.2, 0.25) is 0 Å². The van der Waals surface area contributed by atoms with Crippen molar-refractivity contribution in [1.29, 1.82) is 0 Å². The van der Waals surface area contributed by atoms with Gasteiger partial charge in [0.1, 0.15) is 5.82 Å². The predicted molar refractivity (Wildman–Crippen MR) is 82.7 cm³/mol. The first-order chi connectivity index (χ1) is 9.79. The van der Waals surface area contributed by atoms with E-state index in [4.69, 9.17) is 0 Å². The Morgan fingerprint density at radius 3 is 3.00 bits per heavy atom. The number of aryl methyl sites for hydroxylation is 2. The molecule has 0 unspecified atom stereocenters. The van der Waals surface area contributed by atoms with Crippen LogP contribution in [0.4, 0.5) is 17.5 Å². The Morgan fingerprint density at radius 2 is 2.15 bits per heavy atom. The van der Waals surface area contributed by atoms with Gasteiger partial charge in [-0.05, 0) is 38.3 Å². The van der Waals surface area contributed by atoms with Gasteiger partial charge < -0.3 is 10.2 Å². The van der Waals surface area contributed by atoms with Crippen LogP contribution in [0, 0.1) is 6.92 Å². The lowest BCUT2D eigenvalue weighted by Crippen LogP contribution is -2.26. The van der Waals surface area contributed by atoms with Crippen molar-refractivity contribution in [2.75, 3.05) is 23.3 Å². The predicted octanol–water partition coefficient (Wildman–Crippen LogP) is 3.30. The highest BCUT2D eigenvalue weighted by Crippen LogP contribution is 2.33. The molecule has 0 aliphatic carbocycles. The number of hydrogen-bond donors (Lipinski definition) is 1. The first-order valence-electron chi connectivity index (χ1n) is 7.22. The maximum atomic E-state index is 4.69. The van der Waals surface area contributed by atoms with Gasteiger partial charge in [-0.1, -0.05) is 18.2 Å². The van der Waals surface area contributed by atoms with E-state index >= 15 is 0 Å². The smallest absolute Gasteiger partial charge is 0.224 e. The lowest BCUT2D eigenvalue weighted by atomic mass is 10.0. The number of anilines is 3. The summed E-state index contributed by atoms with van der Waals surface area (Å²) in [7, 11) is 0. The molecular formula is C16H20N4. The van der Waals surface area contributed by atoms with Crippen molar-refractivity contribution in [3.8, 4) is 0 Å². The van der Waals surface area contributed by atoms with Gasteiger partial charge in [-0.3, -0.25) is 0 Å². The van der Waals surface area contributed by atoms with Crippen molar-refractivity contribution in [2.24, 2.45) is 0 Å². The highest BCUT2D eigenvalue weighted by molar-refractivity contribution is 5.67. The fraction of sp³-hybridized carbons (Fsp3) is 0.375. The minimum absolute atomic E-state index is 0.705. The SMILES string of the molecule is CCNc1ncc(C)c(N2CCCc3ccccc32)n1. The van der Waals surface area contributed by atoms with E-state index in [1.807, 2.05) is 6.20 Å². The number of nitrogens with one attached hydrogen (secondary N) is 1. The van der Waals surface area contributed by atoms with E-state index in [9.17, 15) is 0 Å². The van der Waals surface area contributed by atoms with Gasteiger partial charge >= 0.3 is 0 Å². The molecule has 104 valence electrons. The lowest BCUT2D eigenvalue weighted by Gasteiger charge is -2.31. The van der Waals surface area contributed by atoms with Crippen LogP contribution in [0.3, 0.4) is 0 Å². The monoisotopic (exact) mass is 268 g/mol. The third-order valence-electron chi connectivity index (χ3n) is 3.65. The summed E-state index contributed by atoms with van der Waals surface area (Å²) in [6, 6.07) is 8.60. The average molecular weight is 268 g/mol. The van der Waals surface area contributed by atoms with Crippen molar-refractivity contribution in [2.45, 2.75) is 26.7 Å². The number of aromatic nitrogens is 2. The zero-order valence-electron chi connectivity index (χ0n) is 12.1. The van der Waals surface area contributed by atoms with Gasteiger partial charge in [0, 0.05) is 30.5 Å². The largest absolute Gasteiger partial charge is 0.354 e. The molecule has 1 aromatic carbocycles. The summed E-state index contributed by atoms with van der Waals surface area (Å²) in [5, 5.41) is 3.19. The summed E-state index contributed by atoms with van der Waals surface area (Å²) in [6.45, 7) is 5.97. The summed E-state index contributed by atoms with van der Waals surface area (Å²) in [6.07, 6.45) is 4.21. The molecule has 2 aromatic rings. The Morgan fingerprint density at radius 1 is 1.30 bits per heavy atom. The molecule has 0 fully saturated rings. The summed E-state index contributed by atoms with van der Waals surface area (Å²) >= 11 is 0. The molecule has 0 atom stereocenters. The maximum Gasteiger partial charge on any atom is 0.224 e. The van der Waals surface area contributed by atoms with Crippen molar-refractivity contribution in [3.05, 3.63) is 41.6 Å². The molecule has 0 saturated carbocycles. The zero-order chi connectivity index (χ0) is 13.9. The Labute approximate surface area is 119 Å². The van der Waals surface area contributed by atoms with Gasteiger partial charge in [-0.15, -0.1) is 0 Å². The Bertz CT molecular complexity index is 609. The molecule has 3 rings (SSSR count). The molecule has 2 heterocycles. The van der Waals surface area contributed by atoms with Gasteiger partial charge in [-0.2, -0.15) is 4.98 Å². The summed E-state index contributed by atoms with van der Waals surface area (Å²) < 4.78 is 0. The summed E-state index contributed by atoms with van der Waals surface area (Å²) in [5.74, 6) is 1.72. The lowest BCUT2D eigenvalue weighted by molar-refractivity contribution is 0.756. The van der Waals surface area contributed by atoms with E-state index in [1.165, 1.54) is 11.3 Å². The van der Waals surface area contributed by atoms with E-state index in [2.05, 4.69) is 58.3 Å². The van der Waals surface area contributed by atoms with Crippen LogP contribution < -0.4 is 10.2 Å². The van der Waals surface area contributed by atoms with Crippen molar-refractivity contribution < 1.29 is 0 Å². The number of para-hydroxylation sites is 1. The van der Waals surface area contributed by atoms with Crippen molar-refractivity contribution in [3.63, 3.8) is 0 Å². The number of rotatable bonds is 3. The standard InChI is InChI=1S/C16H20N4/c1-3-17-16-18-11-12(2)15(19-16)20-10-6-8-13-7-4-5-9-14(13)20/h4-5,7,9,11H,3,6,8,10H2,1-2H3,(H,17,18,19). The fourth-order valence-electron chi connectivity index (χ4n) is 2.70. The summed E-state index contributed by atoms with van der Waals surface area (Å²) in [5.41, 5.74) is 3.80. The second-order valence-corrected chi connectivity index (χ2v) is 5.11. The quantitative estimate of drug-likeness (QED) is 0.927. The molecule has 1 N–H and O–H groups in total. The van der Waals surface area contributed by atoms with Crippen LogP contribution in [-0.2, 0) is 6.42 Å². The molecule has 4 heteroatoms. The van der Waals surface area contributed by atoms with E-state index in [-0.39, 0.29) is 0 Å². The highest BCUT2D eigenvalue weighted by atomic mass is 15.2. The van der Waals surface area contributed by atoms with Crippen molar-refractivity contribution in [1.82, 2.24) is 9.97 Å². The molecule has 1 aliphatic heterocycles. The van der Waals surface area contributed by atoms with Gasteiger partial charge in [-0.25, -0.2) is 4.98 Å². The van der Waals surface area contributed by atoms with E-state index in [0.29, 0.717) is 5.95 Å². The third kappa shape index (κ3) is 2.33. The minimum Gasteiger partial charge on any atom is -0.354 e. The molecule has 1 aliphatic rings. The van der Waals surface area contributed by atoms with Crippen LogP contribution in [0.15, 0.2) is 30.5 Å². The van der Waals surface area contributed by atoms with Crippen LogP contribution in [-0.4, -0.2) is 23.1 Å². The molecule has 0 amide bonds. The molecule has 0 spiro atoms. The van der Waals surface area contributed by atoms with Gasteiger partial charge in [0.2, 0.25) is 5.95 Å². The molecule has 1 aromatic heterocycles. The van der Waals surface area contributed by atoms with Crippen LogP contribution >= 0.6 is 0 Å². The van der Waals surface area contributed by atoms with Crippen LogP contribution in [0.25, 0.3) is 0 Å². The zero-order valence-corrected chi connectivity index (χ0v) is 12.1. The molecule has 0 saturated heterocycles. The molecule has 4 nitrogen and oxygen atoms in total. The Balaban J connectivity index is 2.03. The van der Waals surface area contributed by atoms with Crippen molar-refractivity contribution >= 4 is 17.5 Å². The normalized spacial score (nSPS) is 14.0. The Hall–Kier alpha value is -2.10. The maximum absolute atomic E-state index is 4.69. The topological polar surface area (TPSA) is 41.1 Å². The average Bonchev–Trinajstić information content (AvgIpc) is 2.49. The number of nitrogens with zero attached hydrogens (tertiary/aromatic N) is 3. The molecular weight excluding hydrogens is 248 g/mol. The third-order valence-corrected chi connectivity index (χ3v) is 3.65. The second kappa shape index (κ2) is 5.49. The minimum atomic E-state index is 0.705. The van der Waals surface area contributed by atoms with Gasteiger partial charge in [0.15, 0.2) is 0 Å². The van der Waals surface area contributed by atoms with Crippen LogP contribution in [0.1, 0.15) is 24.5 Å². The number of fused-ring (bicyclic) bond motifs is 1. The molecule has 0 bridgehead atoms. The van der Waals surface area contributed by atoms with Crippen LogP contribution in [0.5, 0.6) is 0 Å². The summed E-state index contributed by atoms with van der Waals surface area (Å²) in [4.78, 5) is 11.3. The van der Waals surface area contributed by atoms with Gasteiger partial charge in [0.05, 0.1) is 0 Å². The fourth-order valence-corrected chi connectivity index (χ4v) is 2.70. The molecule has 0 radical (unpaired) electrons. The number of benzene rings is 1.